The molecule has 21 heavy (non-hydrogen) atoms. The number of carbonyl (C=O) groups excluding carboxylic acids is 1. The molecule has 0 radical (unpaired) electrons. The monoisotopic (exact) mass is 544 g/mol. The average molecular weight is 544 g/mol. The van der Waals surface area contributed by atoms with Crippen LogP contribution in [0.15, 0.2) is 0 Å². The van der Waals surface area contributed by atoms with Gasteiger partial charge in [0.05, 0.1) is 0 Å². The molecule has 4 unspecified atom stereocenters. The summed E-state index contributed by atoms with van der Waals surface area (Å²) < 4.78 is 74.9. The van der Waals surface area contributed by atoms with Gasteiger partial charge in [0, 0.05) is 0 Å². The van der Waals surface area contributed by atoms with Gasteiger partial charge in [0.2, 0.25) is 0 Å². The van der Waals surface area contributed by atoms with Gasteiger partial charge >= 0.3 is 140 Å². The second-order valence-electron chi connectivity index (χ2n) is 4.63. The van der Waals surface area contributed by atoms with Crippen molar-refractivity contribution in [1.82, 2.24) is 3.53 Å². The van der Waals surface area contributed by atoms with E-state index in [1.807, 2.05) is 0 Å². The first-order valence-electron chi connectivity index (χ1n) is 5.43. The average Bonchev–Trinajstić information content (AvgIpc) is 3.12. The maximum atomic E-state index is 13.7. The van der Waals surface area contributed by atoms with E-state index in [0.717, 1.165) is 0 Å². The van der Waals surface area contributed by atoms with Gasteiger partial charge in [-0.2, -0.15) is 0 Å². The van der Waals surface area contributed by atoms with Crippen molar-refractivity contribution >= 4 is 28.6 Å². The molecule has 2 rings (SSSR count). The van der Waals surface area contributed by atoms with Crippen LogP contribution in [-0.4, -0.2) is 49.1 Å². The molecule has 0 saturated carbocycles. The van der Waals surface area contributed by atoms with Gasteiger partial charge in [-0.25, -0.2) is 0 Å². The van der Waals surface area contributed by atoms with Crippen LogP contribution in [0.2, 0.25) is 0 Å². The molecule has 0 aliphatic carbocycles. The van der Waals surface area contributed by atoms with E-state index >= 15 is 0 Å². The Morgan fingerprint density at radius 1 is 1.52 bits per heavy atom. The van der Waals surface area contributed by atoms with E-state index < -0.39 is 61.5 Å². The minimum atomic E-state index is -5.71. The van der Waals surface area contributed by atoms with E-state index in [9.17, 15) is 26.7 Å². The Kier molecular flexibility index (Phi) is 4.44. The van der Waals surface area contributed by atoms with E-state index in [4.69, 9.17) is 5.11 Å². The minimum absolute atomic E-state index is 0.193. The first-order valence-corrected chi connectivity index (χ1v) is 8.83. The van der Waals surface area contributed by atoms with Crippen LogP contribution < -0.4 is 25.0 Å². The van der Waals surface area contributed by atoms with Gasteiger partial charge in [-0.1, -0.05) is 0 Å². The van der Waals surface area contributed by atoms with Crippen LogP contribution in [0.3, 0.4) is 0 Å². The summed E-state index contributed by atoms with van der Waals surface area (Å²) in [5, 5.41) is 9.07. The first kappa shape index (κ1) is 17.8. The molecule has 2 saturated heterocycles. The van der Waals surface area contributed by atoms with Crippen LogP contribution in [0.5, 0.6) is 0 Å². The number of rotatable bonds is 3. The molecule has 124 valence electrons. The first-order chi connectivity index (χ1) is 9.34. The Balaban J connectivity index is 2.14. The van der Waals surface area contributed by atoms with Gasteiger partial charge in [-0.3, -0.25) is 0 Å². The molecular weight excluding hydrogens is 535 g/mol. The van der Waals surface area contributed by atoms with E-state index in [2.05, 4.69) is 13.0 Å². The number of ether oxygens (including phenoxy) is 2. The van der Waals surface area contributed by atoms with E-state index in [1.54, 1.807) is 22.6 Å². The summed E-state index contributed by atoms with van der Waals surface area (Å²) in [7, 11) is 0. The Labute approximate surface area is 139 Å². The predicted molar refractivity (Wildman–Crippen MR) is 61.1 cm³/mol. The van der Waals surface area contributed by atoms with Crippen LogP contribution in [0.4, 0.5) is 22.0 Å². The van der Waals surface area contributed by atoms with Gasteiger partial charge in [-0.05, 0) is 0 Å². The third kappa shape index (κ3) is 2.85. The molecule has 2 aliphatic heterocycles. The van der Waals surface area contributed by atoms with Crippen molar-refractivity contribution in [2.24, 2.45) is 0 Å². The van der Waals surface area contributed by atoms with Crippen molar-refractivity contribution in [3.63, 3.8) is 0 Å². The van der Waals surface area contributed by atoms with Gasteiger partial charge in [0.1, 0.15) is 0 Å². The number of esters is 1. The SMILES string of the molecule is CC(I)(C(=O)OC1COC(O)(C(F)(F)F)C1(F)F)C1N[I-]1. The predicted octanol–water partition coefficient (Wildman–Crippen LogP) is -2.06. The van der Waals surface area contributed by atoms with Crippen molar-refractivity contribution in [1.29, 1.82) is 0 Å². The zero-order valence-corrected chi connectivity index (χ0v) is 14.5. The van der Waals surface area contributed by atoms with E-state index in [0.29, 0.717) is 0 Å². The van der Waals surface area contributed by atoms with Crippen molar-refractivity contribution in [3.05, 3.63) is 0 Å². The molecule has 0 bridgehead atoms. The molecule has 0 amide bonds. The molecule has 4 atom stereocenters. The Bertz CT molecular complexity index is 456. The zero-order chi connectivity index (χ0) is 16.3. The summed E-state index contributed by atoms with van der Waals surface area (Å²) in [6.45, 7) is 0.193. The number of hydrogen-bond acceptors (Lipinski definition) is 5. The van der Waals surface area contributed by atoms with Gasteiger partial charge in [0.25, 0.3) is 0 Å². The molecule has 2 aliphatic rings. The fraction of sp³-hybridized carbons (Fsp3) is 0.889. The van der Waals surface area contributed by atoms with Crippen molar-refractivity contribution in [3.8, 4) is 0 Å². The topological polar surface area (TPSA) is 77.7 Å². The number of aliphatic hydroxyl groups is 1. The second-order valence-corrected chi connectivity index (χ2v) is 9.36. The van der Waals surface area contributed by atoms with Crippen LogP contribution in [0.1, 0.15) is 6.92 Å². The van der Waals surface area contributed by atoms with Crippen LogP contribution in [0, 0.1) is 0 Å². The van der Waals surface area contributed by atoms with Crippen molar-refractivity contribution in [2.75, 3.05) is 6.61 Å². The Morgan fingerprint density at radius 2 is 2.05 bits per heavy atom. The molecule has 0 spiro atoms. The third-order valence-electron chi connectivity index (χ3n) is 3.03. The number of alkyl halides is 7. The maximum absolute atomic E-state index is 13.7. The molecule has 5 nitrogen and oxygen atoms in total. The Morgan fingerprint density at radius 3 is 2.43 bits per heavy atom. The third-order valence-corrected chi connectivity index (χ3v) is 7.77. The second kappa shape index (κ2) is 5.24. The molecule has 0 aromatic carbocycles. The normalized spacial score (nSPS) is 38.3. The summed E-state index contributed by atoms with van der Waals surface area (Å²) in [5.74, 6) is -10.5. The van der Waals surface area contributed by atoms with Crippen molar-refractivity contribution in [2.45, 2.75) is 38.4 Å². The fourth-order valence-electron chi connectivity index (χ4n) is 1.58. The number of halogens is 7. The number of nitrogens with one attached hydrogen (secondary N) is 1. The van der Waals surface area contributed by atoms with Crippen LogP contribution >= 0.6 is 22.6 Å². The molecule has 2 fully saturated rings. The van der Waals surface area contributed by atoms with E-state index in [-0.39, 0.29) is 4.05 Å². The number of hydrogen-bond donors (Lipinski definition) is 2. The van der Waals surface area contributed by atoms with Gasteiger partial charge in [-0.15, -0.1) is 0 Å². The standard InChI is InChI=1S/C9H9F5I2NO4/c1-6(15,4-16-17-4)5(18)21-3-2-20-8(19,7(3,10)11)9(12,13)14/h3-4,17,19H,2H2,1H3/q-1. The van der Waals surface area contributed by atoms with Gasteiger partial charge < -0.3 is 0 Å². The van der Waals surface area contributed by atoms with Gasteiger partial charge in [0.15, 0.2) is 0 Å². The molecular formula is C9H9F5I2NO4-. The zero-order valence-electron chi connectivity index (χ0n) is 10.2. The molecule has 0 aromatic rings. The molecule has 12 heteroatoms. The van der Waals surface area contributed by atoms with Crippen LogP contribution in [-0.2, 0) is 14.3 Å². The summed E-state index contributed by atoms with van der Waals surface area (Å²) in [4.78, 5) is 11.8. The molecule has 0 aromatic heterocycles. The summed E-state index contributed by atoms with van der Waals surface area (Å²) in [6.07, 6.45) is -8.21. The quantitative estimate of drug-likeness (QED) is 0.0815. The van der Waals surface area contributed by atoms with Crippen LogP contribution in [0.25, 0.3) is 0 Å². The molecule has 2 N–H and O–H groups in total. The van der Waals surface area contributed by atoms with E-state index in [1.165, 1.54) is 6.92 Å². The summed E-state index contributed by atoms with van der Waals surface area (Å²) >= 11 is 1.26. The Hall–Kier alpha value is 0.460. The number of carbonyl (C=O) groups is 1. The summed E-state index contributed by atoms with van der Waals surface area (Å²) in [5.41, 5.74) is 0. The fourth-order valence-corrected chi connectivity index (χ4v) is 4.89. The molecule has 2 heterocycles. The summed E-state index contributed by atoms with van der Waals surface area (Å²) in [6, 6.07) is 0. The van der Waals surface area contributed by atoms with Crippen molar-refractivity contribution < 1.29 is 62.8 Å².